The van der Waals surface area contributed by atoms with Crippen LogP contribution in [0.4, 0.5) is 0 Å². The number of aryl methyl sites for hydroxylation is 4. The van der Waals surface area contributed by atoms with Crippen molar-refractivity contribution in [2.75, 3.05) is 27.2 Å². The average molecular weight is 513 g/mol. The predicted molar refractivity (Wildman–Crippen MR) is 155 cm³/mol. The van der Waals surface area contributed by atoms with Gasteiger partial charge in [-0.05, 0) is 102 Å². The summed E-state index contributed by atoms with van der Waals surface area (Å²) in [7, 11) is 4.52. The third-order valence-electron chi connectivity index (χ3n) is 8.86. The highest BCUT2D eigenvalue weighted by Crippen LogP contribution is 2.30. The van der Waals surface area contributed by atoms with Crippen LogP contribution < -0.4 is 9.13 Å². The Kier molecular flexibility index (Phi) is 9.59. The molecule has 5 rings (SSSR count). The van der Waals surface area contributed by atoms with Gasteiger partial charge >= 0.3 is 0 Å². The van der Waals surface area contributed by atoms with Crippen LogP contribution in [-0.2, 0) is 25.9 Å². The second-order valence-electron chi connectivity index (χ2n) is 11.8. The van der Waals surface area contributed by atoms with Crippen LogP contribution >= 0.6 is 0 Å². The molecule has 2 fully saturated rings. The lowest BCUT2D eigenvalue weighted by Gasteiger charge is -2.18. The molecule has 2 aromatic heterocycles. The molecule has 3 aromatic rings. The third kappa shape index (κ3) is 7.30. The topological polar surface area (TPSA) is 14.2 Å². The zero-order valence-corrected chi connectivity index (χ0v) is 23.8. The van der Waals surface area contributed by atoms with Gasteiger partial charge in [0.2, 0.25) is 0 Å². The molecule has 0 saturated carbocycles. The summed E-state index contributed by atoms with van der Waals surface area (Å²) in [6.07, 6.45) is 21.7. The smallest absolute Gasteiger partial charge is 0.173 e. The van der Waals surface area contributed by atoms with E-state index in [9.17, 15) is 0 Å². The van der Waals surface area contributed by atoms with Crippen molar-refractivity contribution in [3.05, 3.63) is 95.6 Å². The molecule has 0 aliphatic carbocycles. The van der Waals surface area contributed by atoms with E-state index in [0.717, 1.165) is 13.1 Å². The van der Waals surface area contributed by atoms with E-state index in [-0.39, 0.29) is 0 Å². The first-order valence-electron chi connectivity index (χ1n) is 15.1. The van der Waals surface area contributed by atoms with Gasteiger partial charge in [-0.2, -0.15) is 0 Å². The molecule has 4 heteroatoms. The van der Waals surface area contributed by atoms with Gasteiger partial charge in [0.05, 0.1) is 0 Å². The van der Waals surface area contributed by atoms with Crippen LogP contribution in [0.5, 0.6) is 0 Å². The Hall–Kier alpha value is -2.56. The van der Waals surface area contributed by atoms with Crippen LogP contribution in [0.1, 0.15) is 85.7 Å². The maximum Gasteiger partial charge on any atom is 0.173 e. The third-order valence-corrected chi connectivity index (χ3v) is 8.86. The van der Waals surface area contributed by atoms with E-state index in [1.807, 2.05) is 0 Å². The molecule has 0 N–H and O–H groups in total. The van der Waals surface area contributed by atoms with E-state index in [1.165, 1.54) is 99.6 Å². The first-order chi connectivity index (χ1) is 18.7. The summed E-state index contributed by atoms with van der Waals surface area (Å²) in [5.41, 5.74) is 5.91. The SMILES string of the molecule is CN1CCCC1c1ccc[n+](CCCCc2ccc(CCCC[n+]3cccc([C@H]4CCCN4C)c3)cc2)c1. The Morgan fingerprint density at radius 3 is 1.47 bits per heavy atom. The van der Waals surface area contributed by atoms with Crippen molar-refractivity contribution >= 4 is 0 Å². The van der Waals surface area contributed by atoms with Crippen molar-refractivity contribution in [1.82, 2.24) is 9.80 Å². The summed E-state index contributed by atoms with van der Waals surface area (Å²) >= 11 is 0. The highest BCUT2D eigenvalue weighted by Gasteiger charge is 2.25. The highest BCUT2D eigenvalue weighted by atomic mass is 15.2. The monoisotopic (exact) mass is 512 g/mol. The van der Waals surface area contributed by atoms with Gasteiger partial charge in [-0.1, -0.05) is 24.3 Å². The minimum absolute atomic E-state index is 0.606. The molecule has 2 aliphatic rings. The summed E-state index contributed by atoms with van der Waals surface area (Å²) in [6.45, 7) is 4.68. The first kappa shape index (κ1) is 27.0. The van der Waals surface area contributed by atoms with Crippen LogP contribution in [0.25, 0.3) is 0 Å². The molecule has 1 aromatic carbocycles. The number of benzene rings is 1. The number of nitrogens with zero attached hydrogens (tertiary/aromatic N) is 4. The number of unbranched alkanes of at least 4 members (excludes halogenated alkanes) is 2. The fourth-order valence-corrected chi connectivity index (χ4v) is 6.54. The van der Waals surface area contributed by atoms with Crippen LogP contribution in [0.2, 0.25) is 0 Å². The molecule has 2 aliphatic heterocycles. The molecule has 2 atom stereocenters. The fraction of sp³-hybridized carbons (Fsp3) is 0.529. The minimum Gasteiger partial charge on any atom is -0.299 e. The Morgan fingerprint density at radius 2 is 1.08 bits per heavy atom. The Labute approximate surface area is 230 Å². The van der Waals surface area contributed by atoms with Crippen molar-refractivity contribution in [1.29, 1.82) is 0 Å². The first-order valence-corrected chi connectivity index (χ1v) is 15.1. The summed E-state index contributed by atoms with van der Waals surface area (Å²) < 4.78 is 4.79. The van der Waals surface area contributed by atoms with E-state index in [0.29, 0.717) is 12.1 Å². The molecular formula is C34H48N4+2. The molecule has 0 spiro atoms. The molecule has 2 saturated heterocycles. The Morgan fingerprint density at radius 1 is 0.632 bits per heavy atom. The van der Waals surface area contributed by atoms with E-state index < -0.39 is 0 Å². The molecular weight excluding hydrogens is 464 g/mol. The lowest BCUT2D eigenvalue weighted by Crippen LogP contribution is -2.34. The quantitative estimate of drug-likeness (QED) is 0.224. The van der Waals surface area contributed by atoms with Gasteiger partial charge in [0.15, 0.2) is 24.8 Å². The van der Waals surface area contributed by atoms with Crippen LogP contribution in [0.3, 0.4) is 0 Å². The molecule has 0 amide bonds. The van der Waals surface area contributed by atoms with Crippen molar-refractivity contribution in [3.8, 4) is 0 Å². The largest absolute Gasteiger partial charge is 0.299 e. The second-order valence-corrected chi connectivity index (χ2v) is 11.8. The Bertz CT molecular complexity index is 1050. The molecule has 202 valence electrons. The maximum atomic E-state index is 2.50. The number of hydrogen-bond acceptors (Lipinski definition) is 2. The van der Waals surface area contributed by atoms with Gasteiger partial charge in [0.1, 0.15) is 13.1 Å². The van der Waals surface area contributed by atoms with Gasteiger partial charge < -0.3 is 0 Å². The summed E-state index contributed by atoms with van der Waals surface area (Å²) in [6, 6.07) is 19.7. The zero-order chi connectivity index (χ0) is 26.2. The number of pyridine rings is 2. The average Bonchev–Trinajstić information content (AvgIpc) is 3.58. The maximum absolute atomic E-state index is 2.50. The van der Waals surface area contributed by atoms with E-state index >= 15 is 0 Å². The van der Waals surface area contributed by atoms with Gasteiger partial charge in [0.25, 0.3) is 0 Å². The van der Waals surface area contributed by atoms with E-state index in [2.05, 4.69) is 106 Å². The second kappa shape index (κ2) is 13.5. The number of rotatable bonds is 12. The molecule has 4 nitrogen and oxygen atoms in total. The summed E-state index contributed by atoms with van der Waals surface area (Å²) in [5.74, 6) is 0. The number of hydrogen-bond donors (Lipinski definition) is 0. The van der Waals surface area contributed by atoms with Crippen molar-refractivity contribution in [3.63, 3.8) is 0 Å². The molecule has 38 heavy (non-hydrogen) atoms. The van der Waals surface area contributed by atoms with Crippen LogP contribution in [-0.4, -0.2) is 37.0 Å². The fourth-order valence-electron chi connectivity index (χ4n) is 6.54. The molecule has 0 bridgehead atoms. The van der Waals surface area contributed by atoms with Gasteiger partial charge in [-0.15, -0.1) is 0 Å². The van der Waals surface area contributed by atoms with Crippen molar-refractivity contribution in [2.45, 2.75) is 89.4 Å². The highest BCUT2D eigenvalue weighted by molar-refractivity contribution is 5.22. The normalized spacial score (nSPS) is 20.4. The number of likely N-dealkylation sites (tertiary alicyclic amines) is 2. The molecule has 0 radical (unpaired) electrons. The summed E-state index contributed by atoms with van der Waals surface area (Å²) in [5, 5.41) is 0. The van der Waals surface area contributed by atoms with Crippen molar-refractivity contribution < 1.29 is 9.13 Å². The summed E-state index contributed by atoms with van der Waals surface area (Å²) in [4.78, 5) is 4.99. The predicted octanol–water partition coefficient (Wildman–Crippen LogP) is 5.84. The zero-order valence-electron chi connectivity index (χ0n) is 23.8. The standard InChI is InChI=1S/C34H48N4/c1-35-21-9-15-33(35)31-13-7-25-37(27-31)23-5-3-11-29-17-19-30(20-18-29)12-4-6-24-38-26-8-14-32(28-38)34-16-10-22-36(34)2/h7-8,13-14,17-20,25-28,33-34H,3-6,9-12,15-16,21-24H2,1-2H3/q+2/t33-,34?/m1/s1. The van der Waals surface area contributed by atoms with E-state index in [4.69, 9.17) is 0 Å². The van der Waals surface area contributed by atoms with E-state index in [1.54, 1.807) is 0 Å². The molecule has 1 unspecified atom stereocenters. The van der Waals surface area contributed by atoms with Gasteiger partial charge in [-0.3, -0.25) is 9.80 Å². The minimum atomic E-state index is 0.606. The number of aromatic nitrogens is 2. The molecule has 4 heterocycles. The van der Waals surface area contributed by atoms with Gasteiger partial charge in [0, 0.05) is 48.2 Å². The van der Waals surface area contributed by atoms with Crippen LogP contribution in [0, 0.1) is 0 Å². The lowest BCUT2D eigenvalue weighted by molar-refractivity contribution is -0.698. The Balaban J connectivity index is 0.995. The van der Waals surface area contributed by atoms with Gasteiger partial charge in [-0.25, -0.2) is 9.13 Å². The lowest BCUT2D eigenvalue weighted by atomic mass is 10.0. The van der Waals surface area contributed by atoms with Crippen LogP contribution in [0.15, 0.2) is 73.3 Å². The van der Waals surface area contributed by atoms with Crippen molar-refractivity contribution in [2.24, 2.45) is 0 Å².